The molecule has 3 N–H and O–H groups in total. The van der Waals surface area contributed by atoms with Crippen LogP contribution in [-0.4, -0.2) is 50.6 Å². The van der Waals surface area contributed by atoms with Crippen LogP contribution in [0.25, 0.3) is 0 Å². The molecule has 2 bridgehead atoms. The lowest BCUT2D eigenvalue weighted by atomic mass is 9.73. The summed E-state index contributed by atoms with van der Waals surface area (Å²) in [6, 6.07) is 6.74. The fourth-order valence-electron chi connectivity index (χ4n) is 3.61. The van der Waals surface area contributed by atoms with E-state index in [1.54, 1.807) is 24.3 Å². The second-order valence-corrected chi connectivity index (χ2v) is 7.20. The van der Waals surface area contributed by atoms with Crippen molar-refractivity contribution < 1.29 is 34.4 Å². The van der Waals surface area contributed by atoms with Gasteiger partial charge in [0.1, 0.15) is 0 Å². The first kappa shape index (κ1) is 19.3. The smallest absolute Gasteiger partial charge is 0.336 e. The maximum Gasteiger partial charge on any atom is 0.336 e. The average molecular weight is 396 g/mol. The van der Waals surface area contributed by atoms with E-state index in [0.29, 0.717) is 29.8 Å². The lowest BCUT2D eigenvalue weighted by Gasteiger charge is -2.42. The highest BCUT2D eigenvalue weighted by Gasteiger charge is 2.53. The predicted octanol–water partition coefficient (Wildman–Crippen LogP) is 1.77. The number of halogens is 1. The number of aliphatic carboxylic acids is 2. The third-order valence-corrected chi connectivity index (χ3v) is 5.23. The highest BCUT2D eigenvalue weighted by atomic mass is 35.5. The van der Waals surface area contributed by atoms with Gasteiger partial charge in [0.25, 0.3) is 0 Å². The molecule has 27 heavy (non-hydrogen) atoms. The number of hydrogen-bond acceptors (Lipinski definition) is 6. The number of Topliss-reactive ketones (excluding diaryl/α,β-unsaturated/α-hetero) is 1. The normalized spacial score (nSPS) is 26.5. The van der Waals surface area contributed by atoms with Gasteiger partial charge in [-0.15, -0.1) is 0 Å². The molecule has 0 radical (unpaired) electrons. The number of nitrogens with zero attached hydrogens (tertiary/aromatic N) is 1. The van der Waals surface area contributed by atoms with Crippen molar-refractivity contribution in [1.82, 2.24) is 0 Å². The molecule has 0 aromatic heterocycles. The van der Waals surface area contributed by atoms with E-state index in [1.807, 2.05) is 0 Å². The summed E-state index contributed by atoms with van der Waals surface area (Å²) in [5, 5.41) is 28.8. The molecule has 1 fully saturated rings. The summed E-state index contributed by atoms with van der Waals surface area (Å²) in [7, 11) is 0. The van der Waals surface area contributed by atoms with Crippen LogP contribution in [0, 0.1) is 0 Å². The third-order valence-electron chi connectivity index (χ3n) is 4.90. The lowest BCUT2D eigenvalue weighted by molar-refractivity contribution is -0.165. The summed E-state index contributed by atoms with van der Waals surface area (Å²) >= 11 is 6.28. The van der Waals surface area contributed by atoms with Crippen LogP contribution in [0.2, 0.25) is 5.02 Å². The molecule has 1 aliphatic carbocycles. The number of carboxylic acids is 2. The first-order valence-corrected chi connectivity index (χ1v) is 8.78. The number of ketones is 1. The Kier molecular flexibility index (Phi) is 4.96. The van der Waals surface area contributed by atoms with Crippen molar-refractivity contribution in [3.63, 3.8) is 0 Å². The number of aliphatic imine (C=N–C) groups is 1. The summed E-state index contributed by atoms with van der Waals surface area (Å²) in [5.74, 6) is -3.62. The van der Waals surface area contributed by atoms with Gasteiger partial charge in [0.05, 0.1) is 12.8 Å². The van der Waals surface area contributed by atoms with E-state index >= 15 is 0 Å². The summed E-state index contributed by atoms with van der Waals surface area (Å²) in [6.45, 7) is 0. The molecule has 8 nitrogen and oxygen atoms in total. The second kappa shape index (κ2) is 6.94. The van der Waals surface area contributed by atoms with Crippen molar-refractivity contribution in [1.29, 1.82) is 0 Å². The third kappa shape index (κ3) is 3.42. The summed E-state index contributed by atoms with van der Waals surface area (Å²) in [4.78, 5) is 39.7. The van der Waals surface area contributed by atoms with Crippen molar-refractivity contribution in [2.75, 3.05) is 0 Å². The molecule has 9 heteroatoms. The maximum atomic E-state index is 12.9. The summed E-state index contributed by atoms with van der Waals surface area (Å²) < 4.78 is 5.52. The van der Waals surface area contributed by atoms with Gasteiger partial charge >= 0.3 is 11.9 Å². The van der Waals surface area contributed by atoms with E-state index in [-0.39, 0.29) is 11.7 Å². The summed E-state index contributed by atoms with van der Waals surface area (Å²) in [5.41, 5.74) is -3.43. The zero-order valence-corrected chi connectivity index (χ0v) is 15.0. The molecule has 144 valence electrons. The van der Waals surface area contributed by atoms with Gasteiger partial charge in [0, 0.05) is 10.6 Å². The van der Waals surface area contributed by atoms with Gasteiger partial charge in [-0.05, 0) is 25.3 Å². The number of rotatable bonds is 6. The van der Waals surface area contributed by atoms with Crippen LogP contribution < -0.4 is 0 Å². The van der Waals surface area contributed by atoms with Crippen LogP contribution in [0.15, 0.2) is 29.3 Å². The number of hydrogen-bond donors (Lipinski definition) is 3. The molecule has 1 unspecified atom stereocenters. The minimum atomic E-state index is -2.60. The molecule has 0 amide bonds. The zero-order chi connectivity index (χ0) is 19.8. The number of carbonyl (C=O) groups is 3. The zero-order valence-electron chi connectivity index (χ0n) is 14.2. The highest BCUT2D eigenvalue weighted by molar-refractivity contribution is 6.32. The molecular weight excluding hydrogens is 378 g/mol. The van der Waals surface area contributed by atoms with Gasteiger partial charge in [0.2, 0.25) is 5.78 Å². The Labute approximate surface area is 159 Å². The quantitative estimate of drug-likeness (QED) is 0.668. The number of fused-ring (bicyclic) bond motifs is 2. The van der Waals surface area contributed by atoms with E-state index < -0.39 is 42.0 Å². The highest BCUT2D eigenvalue weighted by Crippen LogP contribution is 2.45. The van der Waals surface area contributed by atoms with Crippen molar-refractivity contribution in [2.45, 2.75) is 49.3 Å². The average Bonchev–Trinajstić information content (AvgIpc) is 2.56. The Morgan fingerprint density at radius 1 is 1.33 bits per heavy atom. The van der Waals surface area contributed by atoms with Crippen LogP contribution in [-0.2, 0) is 24.7 Å². The SMILES string of the molecule is O=C(O)CC(O)(CC1=N[C@]2(c3ccccc3Cl)CCC[C@H](O1)C2=O)C(=O)O. The van der Waals surface area contributed by atoms with Crippen molar-refractivity contribution in [3.8, 4) is 0 Å². The predicted molar refractivity (Wildman–Crippen MR) is 93.8 cm³/mol. The van der Waals surface area contributed by atoms with E-state index in [2.05, 4.69) is 4.99 Å². The number of aliphatic hydroxyl groups is 1. The van der Waals surface area contributed by atoms with Crippen LogP contribution in [0.5, 0.6) is 0 Å². The molecule has 2 aliphatic rings. The molecule has 0 spiro atoms. The number of carbonyl (C=O) groups excluding carboxylic acids is 1. The number of ether oxygens (including phenoxy) is 1. The lowest BCUT2D eigenvalue weighted by Crippen LogP contribution is -2.53. The number of benzene rings is 1. The van der Waals surface area contributed by atoms with E-state index in [4.69, 9.17) is 21.4 Å². The van der Waals surface area contributed by atoms with Gasteiger partial charge < -0.3 is 20.1 Å². The molecule has 3 rings (SSSR count). The maximum absolute atomic E-state index is 12.9. The minimum Gasteiger partial charge on any atom is -0.481 e. The molecule has 1 aliphatic heterocycles. The van der Waals surface area contributed by atoms with Crippen molar-refractivity contribution in [2.24, 2.45) is 4.99 Å². The van der Waals surface area contributed by atoms with Gasteiger partial charge in [-0.3, -0.25) is 9.59 Å². The van der Waals surface area contributed by atoms with E-state index in [0.717, 1.165) is 0 Å². The Bertz CT molecular complexity index is 839. The Balaban J connectivity index is 2.06. The molecule has 1 heterocycles. The topological polar surface area (TPSA) is 133 Å². The van der Waals surface area contributed by atoms with Gasteiger partial charge in [-0.25, -0.2) is 9.79 Å². The van der Waals surface area contributed by atoms with Crippen LogP contribution in [0.3, 0.4) is 0 Å². The molecular formula is C18H18ClNO7. The largest absolute Gasteiger partial charge is 0.481 e. The van der Waals surface area contributed by atoms with Gasteiger partial charge in [-0.1, -0.05) is 29.8 Å². The summed E-state index contributed by atoms with van der Waals surface area (Å²) in [6.07, 6.45) is -1.09. The van der Waals surface area contributed by atoms with Crippen LogP contribution in [0.4, 0.5) is 0 Å². The Hall–Kier alpha value is -2.45. The standard InChI is InChI=1S/C18H18ClNO7/c19-11-5-2-1-4-10(11)18-7-3-6-12(15(18)23)27-13(20-18)8-17(26,16(24)25)9-14(21)22/h1-2,4-5,12,26H,3,6-9H2,(H,21,22)(H,24,25)/t12-,17?,18-/m0/s1. The van der Waals surface area contributed by atoms with Crippen molar-refractivity contribution in [3.05, 3.63) is 34.9 Å². The molecule has 3 atom stereocenters. The fourth-order valence-corrected chi connectivity index (χ4v) is 3.90. The van der Waals surface area contributed by atoms with Gasteiger partial charge in [0.15, 0.2) is 23.1 Å². The van der Waals surface area contributed by atoms with Crippen LogP contribution in [0.1, 0.15) is 37.7 Å². The molecule has 0 saturated heterocycles. The number of carboxylic acid groups (broad SMARTS) is 2. The Morgan fingerprint density at radius 3 is 2.67 bits per heavy atom. The molecule has 1 saturated carbocycles. The minimum absolute atomic E-state index is 0.162. The van der Waals surface area contributed by atoms with Crippen molar-refractivity contribution >= 4 is 35.2 Å². The molecule has 1 aromatic carbocycles. The first-order valence-electron chi connectivity index (χ1n) is 8.40. The molecule has 1 aromatic rings. The first-order chi connectivity index (χ1) is 12.7. The monoisotopic (exact) mass is 395 g/mol. The Morgan fingerprint density at radius 2 is 2.04 bits per heavy atom. The van der Waals surface area contributed by atoms with E-state index in [1.165, 1.54) is 0 Å². The van der Waals surface area contributed by atoms with E-state index in [9.17, 15) is 24.6 Å². The van der Waals surface area contributed by atoms with Gasteiger partial charge in [-0.2, -0.15) is 0 Å². The second-order valence-electron chi connectivity index (χ2n) is 6.79. The fraction of sp³-hybridized carbons (Fsp3) is 0.444. The van der Waals surface area contributed by atoms with Crippen LogP contribution >= 0.6 is 11.6 Å².